The van der Waals surface area contributed by atoms with Crippen LogP contribution in [0, 0.1) is 0 Å². The van der Waals surface area contributed by atoms with Crippen molar-refractivity contribution < 1.29 is 0 Å². The van der Waals surface area contributed by atoms with E-state index >= 15 is 0 Å². The lowest BCUT2D eigenvalue weighted by Crippen LogP contribution is -2.16. The Kier molecular flexibility index (Phi) is 9.32. The molecule has 2 aliphatic rings. The molecule has 12 aromatic rings. The smallest absolute Gasteiger partial charge is 0.0547 e. The van der Waals surface area contributed by atoms with Gasteiger partial charge in [0, 0.05) is 44.2 Å². The standard InChI is InChI=1S/C70H52N2/c1-69(2)62-26-11-8-24-60(62)68-63(69)27-15-29-66(68)72-65-28-12-9-23-58(65)59-38-34-52(43-67(59)72)49-19-13-18-48(41-49)50-20-14-21-54(42-50)71(55-37-39-57-56-22-7-10-25-61(56)70(3,4)64(57)44-55)53-35-32-46(33-36-53)51-31-30-45-16-5-6-17-47(45)40-51/h5-44H,1-4H3. The zero-order chi connectivity index (χ0) is 48.3. The van der Waals surface area contributed by atoms with Crippen LogP contribution in [0.25, 0.3) is 93.9 Å². The molecule has 0 N–H and O–H groups in total. The molecule has 2 nitrogen and oxygen atoms in total. The van der Waals surface area contributed by atoms with Gasteiger partial charge >= 0.3 is 0 Å². The van der Waals surface area contributed by atoms with Crippen molar-refractivity contribution in [1.82, 2.24) is 4.57 Å². The molecule has 0 bridgehead atoms. The first-order valence-corrected chi connectivity index (χ1v) is 25.3. The maximum absolute atomic E-state index is 2.51. The van der Waals surface area contributed by atoms with Crippen LogP contribution in [0.3, 0.4) is 0 Å². The highest BCUT2D eigenvalue weighted by molar-refractivity contribution is 6.11. The van der Waals surface area contributed by atoms with Gasteiger partial charge in [0.05, 0.1) is 16.7 Å². The number of benzene rings is 11. The van der Waals surface area contributed by atoms with Crippen molar-refractivity contribution in [1.29, 1.82) is 0 Å². The zero-order valence-corrected chi connectivity index (χ0v) is 41.0. The maximum atomic E-state index is 2.51. The fraction of sp³-hybridized carbons (Fsp3) is 0.0857. The van der Waals surface area contributed by atoms with Crippen LogP contribution in [-0.4, -0.2) is 4.57 Å². The van der Waals surface area contributed by atoms with Gasteiger partial charge in [-0.1, -0.05) is 204 Å². The van der Waals surface area contributed by atoms with E-state index in [9.17, 15) is 0 Å². The molecule has 0 amide bonds. The Morgan fingerprint density at radius 1 is 0.306 bits per heavy atom. The average Bonchev–Trinajstić information content (AvgIpc) is 3.97. The minimum absolute atomic E-state index is 0.0890. The summed E-state index contributed by atoms with van der Waals surface area (Å²) >= 11 is 0. The average molecular weight is 921 g/mol. The predicted molar refractivity (Wildman–Crippen MR) is 304 cm³/mol. The van der Waals surface area contributed by atoms with E-state index in [0.29, 0.717) is 0 Å². The Labute approximate surface area is 421 Å². The van der Waals surface area contributed by atoms with Crippen LogP contribution in [0.2, 0.25) is 0 Å². The van der Waals surface area contributed by atoms with Crippen LogP contribution in [0.1, 0.15) is 49.9 Å². The molecule has 72 heavy (non-hydrogen) atoms. The highest BCUT2D eigenvalue weighted by Gasteiger charge is 2.38. The Hall–Kier alpha value is -8.72. The summed E-state index contributed by atoms with van der Waals surface area (Å²) in [7, 11) is 0. The molecular weight excluding hydrogens is 869 g/mol. The highest BCUT2D eigenvalue weighted by atomic mass is 15.1. The van der Waals surface area contributed by atoms with Crippen molar-refractivity contribution in [2.75, 3.05) is 4.90 Å². The van der Waals surface area contributed by atoms with Gasteiger partial charge in [-0.05, 0) is 150 Å². The van der Waals surface area contributed by atoms with Gasteiger partial charge in [0.15, 0.2) is 0 Å². The molecular formula is C70H52N2. The highest BCUT2D eigenvalue weighted by Crippen LogP contribution is 2.53. The molecule has 14 rings (SSSR count). The van der Waals surface area contributed by atoms with E-state index in [2.05, 4.69) is 280 Å². The zero-order valence-electron chi connectivity index (χ0n) is 41.0. The van der Waals surface area contributed by atoms with Crippen LogP contribution >= 0.6 is 0 Å². The molecule has 342 valence electrons. The number of hydrogen-bond donors (Lipinski definition) is 0. The Morgan fingerprint density at radius 3 is 1.67 bits per heavy atom. The van der Waals surface area contributed by atoms with E-state index in [0.717, 1.165) is 22.6 Å². The lowest BCUT2D eigenvalue weighted by Gasteiger charge is -2.28. The monoisotopic (exact) mass is 920 g/mol. The van der Waals surface area contributed by atoms with Crippen LogP contribution in [0.5, 0.6) is 0 Å². The summed E-state index contributed by atoms with van der Waals surface area (Å²) in [5.41, 5.74) is 24.7. The van der Waals surface area contributed by atoms with Gasteiger partial charge in [-0.3, -0.25) is 0 Å². The van der Waals surface area contributed by atoms with Gasteiger partial charge in [0.1, 0.15) is 0 Å². The number of anilines is 3. The van der Waals surface area contributed by atoms with Crippen molar-refractivity contribution >= 4 is 49.6 Å². The minimum atomic E-state index is -0.128. The van der Waals surface area contributed by atoms with Gasteiger partial charge in [-0.25, -0.2) is 0 Å². The summed E-state index contributed by atoms with van der Waals surface area (Å²) in [6.07, 6.45) is 0. The summed E-state index contributed by atoms with van der Waals surface area (Å²) in [4.78, 5) is 2.43. The minimum Gasteiger partial charge on any atom is -0.310 e. The Morgan fingerprint density at radius 2 is 0.847 bits per heavy atom. The summed E-state index contributed by atoms with van der Waals surface area (Å²) in [5, 5.41) is 5.02. The molecule has 1 heterocycles. The second-order valence-corrected chi connectivity index (χ2v) is 20.9. The van der Waals surface area contributed by atoms with E-state index in [1.807, 2.05) is 0 Å². The first-order chi connectivity index (χ1) is 35.2. The molecule has 11 aromatic carbocycles. The van der Waals surface area contributed by atoms with Crippen LogP contribution in [-0.2, 0) is 10.8 Å². The van der Waals surface area contributed by atoms with E-state index in [1.54, 1.807) is 0 Å². The molecule has 0 aliphatic heterocycles. The fourth-order valence-electron chi connectivity index (χ4n) is 12.5. The molecule has 0 radical (unpaired) electrons. The van der Waals surface area contributed by atoms with Crippen molar-refractivity contribution in [2.45, 2.75) is 38.5 Å². The van der Waals surface area contributed by atoms with E-state index in [-0.39, 0.29) is 10.8 Å². The Balaban J connectivity index is 0.875. The van der Waals surface area contributed by atoms with Crippen molar-refractivity contribution in [3.05, 3.63) is 265 Å². The summed E-state index contributed by atoms with van der Waals surface area (Å²) in [5.74, 6) is 0. The second kappa shape index (κ2) is 15.9. The molecule has 0 saturated heterocycles. The molecule has 0 saturated carbocycles. The molecule has 0 fully saturated rings. The molecule has 0 atom stereocenters. The van der Waals surface area contributed by atoms with Crippen LogP contribution in [0.15, 0.2) is 243 Å². The molecule has 0 spiro atoms. The largest absolute Gasteiger partial charge is 0.310 e. The lowest BCUT2D eigenvalue weighted by molar-refractivity contribution is 0.660. The third kappa shape index (κ3) is 6.42. The van der Waals surface area contributed by atoms with Crippen molar-refractivity contribution in [3.63, 3.8) is 0 Å². The molecule has 2 aliphatic carbocycles. The predicted octanol–water partition coefficient (Wildman–Crippen LogP) is 19.0. The van der Waals surface area contributed by atoms with E-state index in [1.165, 1.54) is 111 Å². The third-order valence-corrected chi connectivity index (χ3v) is 16.2. The quantitative estimate of drug-likeness (QED) is 0.155. The number of rotatable bonds is 7. The SMILES string of the molecule is CC1(C)c2ccccc2-c2ccc(N(c3ccc(-c4ccc5ccccc5c4)cc3)c3cccc(-c4cccc(-c5ccc6c7ccccc7n(-c7cccc8c7-c7ccccc7C8(C)C)c6c5)c4)c3)cc21. The molecule has 0 unspecified atom stereocenters. The summed E-state index contributed by atoms with van der Waals surface area (Å²) < 4.78 is 2.51. The fourth-order valence-corrected chi connectivity index (χ4v) is 12.5. The van der Waals surface area contributed by atoms with E-state index < -0.39 is 0 Å². The van der Waals surface area contributed by atoms with Gasteiger partial charge in [0.2, 0.25) is 0 Å². The second-order valence-electron chi connectivity index (χ2n) is 20.9. The lowest BCUT2D eigenvalue weighted by atomic mass is 9.82. The number of aromatic nitrogens is 1. The van der Waals surface area contributed by atoms with Crippen LogP contribution in [0.4, 0.5) is 17.1 Å². The first kappa shape index (κ1) is 42.2. The van der Waals surface area contributed by atoms with Crippen molar-refractivity contribution in [2.24, 2.45) is 0 Å². The summed E-state index contributed by atoms with van der Waals surface area (Å²) in [6.45, 7) is 9.46. The topological polar surface area (TPSA) is 8.17 Å². The molecule has 2 heteroatoms. The van der Waals surface area contributed by atoms with Gasteiger partial charge < -0.3 is 9.47 Å². The van der Waals surface area contributed by atoms with Crippen LogP contribution < -0.4 is 4.90 Å². The molecule has 1 aromatic heterocycles. The number of fused-ring (bicyclic) bond motifs is 10. The van der Waals surface area contributed by atoms with Crippen molar-refractivity contribution in [3.8, 4) is 61.3 Å². The maximum Gasteiger partial charge on any atom is 0.0547 e. The van der Waals surface area contributed by atoms with Gasteiger partial charge in [-0.2, -0.15) is 0 Å². The van der Waals surface area contributed by atoms with Gasteiger partial charge in [0.25, 0.3) is 0 Å². The first-order valence-electron chi connectivity index (χ1n) is 25.3. The number of nitrogens with zero attached hydrogens (tertiary/aromatic N) is 2. The Bertz CT molecular complexity index is 4160. The number of hydrogen-bond acceptors (Lipinski definition) is 1. The third-order valence-electron chi connectivity index (χ3n) is 16.2. The normalized spacial score (nSPS) is 13.8. The van der Waals surface area contributed by atoms with Gasteiger partial charge in [-0.15, -0.1) is 0 Å². The number of para-hydroxylation sites is 1. The van der Waals surface area contributed by atoms with E-state index in [4.69, 9.17) is 0 Å². The summed E-state index contributed by atoms with van der Waals surface area (Å²) in [6, 6.07) is 90.4.